The van der Waals surface area contributed by atoms with Gasteiger partial charge in [0.15, 0.2) is 0 Å². The van der Waals surface area contributed by atoms with Gasteiger partial charge in [-0.15, -0.1) is 0 Å². The molecule has 0 aliphatic carbocycles. The average molecular weight is 218 g/mol. The van der Waals surface area contributed by atoms with E-state index in [-0.39, 0.29) is 12.7 Å². The molecule has 0 aliphatic heterocycles. The van der Waals surface area contributed by atoms with Crippen molar-refractivity contribution in [2.45, 2.75) is 51.6 Å². The number of hydrogen-bond acceptors (Lipinski definition) is 3. The van der Waals surface area contributed by atoms with Crippen LogP contribution in [0.15, 0.2) is 0 Å². The van der Waals surface area contributed by atoms with E-state index >= 15 is 0 Å². The average Bonchev–Trinajstić information content (AvgIpc) is 2.21. The monoisotopic (exact) mass is 218 g/mol. The minimum absolute atomic E-state index is 0.126. The van der Waals surface area contributed by atoms with Crippen LogP contribution in [0.25, 0.3) is 0 Å². The molecule has 4 nitrogen and oxygen atoms in total. The lowest BCUT2D eigenvalue weighted by Crippen LogP contribution is -2.15. The van der Waals surface area contributed by atoms with Gasteiger partial charge in [0.2, 0.25) is 0 Å². The normalized spacial score (nSPS) is 12.4. The van der Waals surface area contributed by atoms with E-state index < -0.39 is 6.16 Å². The van der Waals surface area contributed by atoms with Gasteiger partial charge in [-0.05, 0) is 6.42 Å². The lowest BCUT2D eigenvalue weighted by atomic mass is 10.1. The second-order valence-corrected chi connectivity index (χ2v) is 3.61. The van der Waals surface area contributed by atoms with Gasteiger partial charge >= 0.3 is 6.16 Å². The first-order valence-corrected chi connectivity index (χ1v) is 5.59. The predicted octanol–water partition coefficient (Wildman–Crippen LogP) is 3.06. The smallest absolute Gasteiger partial charge is 0.450 e. The van der Waals surface area contributed by atoms with E-state index in [1.54, 1.807) is 7.11 Å². The van der Waals surface area contributed by atoms with E-state index in [1.165, 1.54) is 19.3 Å². The molecular formula is C11H22O4. The van der Waals surface area contributed by atoms with Crippen LogP contribution < -0.4 is 0 Å². The minimum Gasteiger partial charge on any atom is -0.450 e. The van der Waals surface area contributed by atoms with Crippen LogP contribution in [0.1, 0.15) is 45.4 Å². The zero-order valence-corrected chi connectivity index (χ0v) is 9.70. The Morgan fingerprint density at radius 3 is 2.53 bits per heavy atom. The topological polar surface area (TPSA) is 55.8 Å². The molecule has 15 heavy (non-hydrogen) atoms. The Hall–Kier alpha value is -0.770. The molecule has 0 amide bonds. The van der Waals surface area contributed by atoms with Crippen LogP contribution in [-0.2, 0) is 9.47 Å². The summed E-state index contributed by atoms with van der Waals surface area (Å²) in [5.41, 5.74) is 0. The Morgan fingerprint density at radius 2 is 2.00 bits per heavy atom. The van der Waals surface area contributed by atoms with Crippen molar-refractivity contribution in [1.29, 1.82) is 0 Å². The van der Waals surface area contributed by atoms with Gasteiger partial charge in [-0.3, -0.25) is 0 Å². The summed E-state index contributed by atoms with van der Waals surface area (Å²) in [6.45, 7) is 2.40. The largest absolute Gasteiger partial charge is 0.505 e. The van der Waals surface area contributed by atoms with Crippen molar-refractivity contribution in [3.05, 3.63) is 0 Å². The van der Waals surface area contributed by atoms with Gasteiger partial charge in [0, 0.05) is 13.5 Å². The Balaban J connectivity index is 3.41. The molecule has 0 spiro atoms. The van der Waals surface area contributed by atoms with Crippen LogP contribution >= 0.6 is 0 Å². The number of carboxylic acid groups (broad SMARTS) is 1. The Labute approximate surface area is 91.6 Å². The van der Waals surface area contributed by atoms with Crippen molar-refractivity contribution in [2.75, 3.05) is 13.7 Å². The van der Waals surface area contributed by atoms with E-state index in [4.69, 9.17) is 9.84 Å². The SMILES string of the molecule is CCCCCCC(CCOC(=O)O)OC. The highest BCUT2D eigenvalue weighted by atomic mass is 16.7. The number of unbranched alkanes of at least 4 members (excludes halogenated alkanes) is 3. The molecule has 0 rings (SSSR count). The maximum atomic E-state index is 10.1. The fraction of sp³-hybridized carbons (Fsp3) is 0.909. The van der Waals surface area contributed by atoms with Crippen LogP contribution in [0.5, 0.6) is 0 Å². The summed E-state index contributed by atoms with van der Waals surface area (Å²) >= 11 is 0. The molecule has 0 bridgehead atoms. The molecule has 0 heterocycles. The van der Waals surface area contributed by atoms with E-state index in [0.717, 1.165) is 12.8 Å². The van der Waals surface area contributed by atoms with Gasteiger partial charge in [0.1, 0.15) is 0 Å². The van der Waals surface area contributed by atoms with Gasteiger partial charge in [0.05, 0.1) is 12.7 Å². The highest BCUT2D eigenvalue weighted by molar-refractivity contribution is 5.56. The van der Waals surface area contributed by atoms with Gasteiger partial charge in [0.25, 0.3) is 0 Å². The molecule has 0 radical (unpaired) electrons. The van der Waals surface area contributed by atoms with Gasteiger partial charge in [-0.1, -0.05) is 32.6 Å². The molecule has 0 aromatic rings. The van der Waals surface area contributed by atoms with Crippen LogP contribution in [0.3, 0.4) is 0 Å². The zero-order chi connectivity index (χ0) is 11.5. The fourth-order valence-electron chi connectivity index (χ4n) is 1.46. The van der Waals surface area contributed by atoms with Crippen molar-refractivity contribution in [3.63, 3.8) is 0 Å². The lowest BCUT2D eigenvalue weighted by molar-refractivity contribution is 0.0467. The summed E-state index contributed by atoms with van der Waals surface area (Å²) < 4.78 is 9.68. The molecule has 1 unspecified atom stereocenters. The van der Waals surface area contributed by atoms with E-state index in [2.05, 4.69) is 11.7 Å². The van der Waals surface area contributed by atoms with Crippen molar-refractivity contribution in [1.82, 2.24) is 0 Å². The third-order valence-electron chi connectivity index (χ3n) is 2.38. The fourth-order valence-corrected chi connectivity index (χ4v) is 1.46. The van der Waals surface area contributed by atoms with Crippen LogP contribution in [-0.4, -0.2) is 31.1 Å². The summed E-state index contributed by atoms with van der Waals surface area (Å²) in [5.74, 6) is 0. The first-order valence-electron chi connectivity index (χ1n) is 5.59. The van der Waals surface area contributed by atoms with Crippen molar-refractivity contribution in [2.24, 2.45) is 0 Å². The summed E-state index contributed by atoms with van der Waals surface area (Å²) in [4.78, 5) is 10.1. The van der Waals surface area contributed by atoms with Crippen LogP contribution in [0, 0.1) is 0 Å². The maximum absolute atomic E-state index is 10.1. The lowest BCUT2D eigenvalue weighted by Gasteiger charge is -2.14. The van der Waals surface area contributed by atoms with E-state index in [9.17, 15) is 4.79 Å². The number of carbonyl (C=O) groups is 1. The molecule has 1 N–H and O–H groups in total. The number of hydrogen-bond donors (Lipinski definition) is 1. The predicted molar refractivity (Wildman–Crippen MR) is 58.1 cm³/mol. The highest BCUT2D eigenvalue weighted by Crippen LogP contribution is 2.10. The van der Waals surface area contributed by atoms with Gasteiger partial charge < -0.3 is 14.6 Å². The van der Waals surface area contributed by atoms with E-state index in [0.29, 0.717) is 6.42 Å². The quantitative estimate of drug-likeness (QED) is 0.477. The Morgan fingerprint density at radius 1 is 1.27 bits per heavy atom. The van der Waals surface area contributed by atoms with Crippen molar-refractivity contribution >= 4 is 6.16 Å². The summed E-state index contributed by atoms with van der Waals surface area (Å²) in [6, 6.07) is 0. The van der Waals surface area contributed by atoms with Crippen LogP contribution in [0.4, 0.5) is 4.79 Å². The molecule has 0 saturated carbocycles. The first-order chi connectivity index (χ1) is 7.20. The second-order valence-electron chi connectivity index (χ2n) is 3.61. The Kier molecular flexibility index (Phi) is 9.27. The molecule has 90 valence electrons. The molecule has 0 aromatic heterocycles. The number of rotatable bonds is 9. The van der Waals surface area contributed by atoms with Gasteiger partial charge in [-0.2, -0.15) is 0 Å². The van der Waals surface area contributed by atoms with E-state index in [1.807, 2.05) is 0 Å². The van der Waals surface area contributed by atoms with Crippen LogP contribution in [0.2, 0.25) is 0 Å². The van der Waals surface area contributed by atoms with Crippen molar-refractivity contribution in [3.8, 4) is 0 Å². The molecule has 0 saturated heterocycles. The summed E-state index contributed by atoms with van der Waals surface area (Å²) in [7, 11) is 1.66. The minimum atomic E-state index is -1.21. The maximum Gasteiger partial charge on any atom is 0.505 e. The summed E-state index contributed by atoms with van der Waals surface area (Å²) in [5, 5.41) is 8.28. The Bertz CT molecular complexity index is 159. The molecule has 0 fully saturated rings. The molecule has 4 heteroatoms. The second kappa shape index (κ2) is 9.77. The molecule has 0 aliphatic rings. The molecule has 1 atom stereocenters. The first kappa shape index (κ1) is 14.2. The third-order valence-corrected chi connectivity index (χ3v) is 2.38. The highest BCUT2D eigenvalue weighted by Gasteiger charge is 2.08. The zero-order valence-electron chi connectivity index (χ0n) is 9.70. The summed E-state index contributed by atoms with van der Waals surface area (Å²) in [6.07, 6.45) is 5.38. The number of ether oxygens (including phenoxy) is 2. The molecule has 0 aromatic carbocycles. The van der Waals surface area contributed by atoms with Gasteiger partial charge in [-0.25, -0.2) is 4.79 Å². The standard InChI is InChI=1S/C11H22O4/c1-3-4-5-6-7-10(14-2)8-9-15-11(12)13/h10H,3-9H2,1-2H3,(H,12,13). The number of methoxy groups -OCH3 is 1. The molecular weight excluding hydrogens is 196 g/mol. The van der Waals surface area contributed by atoms with Crippen molar-refractivity contribution < 1.29 is 19.4 Å². The third kappa shape index (κ3) is 9.53.